The third-order valence-electron chi connectivity index (χ3n) is 5.93. The summed E-state index contributed by atoms with van der Waals surface area (Å²) in [5, 5.41) is 0. The lowest BCUT2D eigenvalue weighted by atomic mass is 10.1. The number of carbonyl (C=O) groups is 1. The molecule has 0 N–H and O–H groups in total. The number of aromatic nitrogens is 1. The number of ether oxygens (including phenoxy) is 4. The van der Waals surface area contributed by atoms with Crippen LogP contribution in [0.15, 0.2) is 42.6 Å². The van der Waals surface area contributed by atoms with Gasteiger partial charge in [-0.2, -0.15) is 0 Å². The SMILES string of the molecule is CCCCCCCCCCOc1ccc(OC(=O)c2ccc(OC[C@@H]3O[C@H]3CCC)nc2)cc1. The molecule has 2 heterocycles. The molecule has 2 atom stereocenters. The summed E-state index contributed by atoms with van der Waals surface area (Å²) in [6.07, 6.45) is 14.3. The van der Waals surface area contributed by atoms with Gasteiger partial charge in [0.25, 0.3) is 0 Å². The molecule has 0 spiro atoms. The molecule has 0 saturated carbocycles. The van der Waals surface area contributed by atoms with Gasteiger partial charge in [0.05, 0.1) is 18.3 Å². The van der Waals surface area contributed by atoms with Crippen LogP contribution in [0.5, 0.6) is 17.4 Å². The number of epoxide rings is 1. The molecule has 2 aromatic rings. The van der Waals surface area contributed by atoms with Gasteiger partial charge in [-0.1, -0.05) is 65.2 Å². The summed E-state index contributed by atoms with van der Waals surface area (Å²) in [5.74, 6) is 1.27. The third-order valence-corrected chi connectivity index (χ3v) is 5.93. The van der Waals surface area contributed by atoms with Crippen LogP contribution in [0.25, 0.3) is 0 Å². The number of unbranched alkanes of at least 4 members (excludes halogenated alkanes) is 7. The van der Waals surface area contributed by atoms with E-state index in [1.165, 1.54) is 51.1 Å². The highest BCUT2D eigenvalue weighted by molar-refractivity contribution is 5.90. The maximum Gasteiger partial charge on any atom is 0.345 e. The monoisotopic (exact) mass is 469 g/mol. The Kier molecular flexibility index (Phi) is 11.2. The molecule has 1 fully saturated rings. The lowest BCUT2D eigenvalue weighted by Crippen LogP contribution is -2.11. The zero-order valence-corrected chi connectivity index (χ0v) is 20.7. The molecule has 1 aliphatic heterocycles. The van der Waals surface area contributed by atoms with E-state index >= 15 is 0 Å². The fraction of sp³-hybridized carbons (Fsp3) is 0.571. The summed E-state index contributed by atoms with van der Waals surface area (Å²) >= 11 is 0. The van der Waals surface area contributed by atoms with Gasteiger partial charge in [0, 0.05) is 12.3 Å². The largest absolute Gasteiger partial charge is 0.494 e. The van der Waals surface area contributed by atoms with E-state index in [2.05, 4.69) is 18.8 Å². The van der Waals surface area contributed by atoms with Crippen molar-refractivity contribution in [3.63, 3.8) is 0 Å². The number of rotatable bonds is 17. The smallest absolute Gasteiger partial charge is 0.345 e. The van der Waals surface area contributed by atoms with Crippen LogP contribution in [0.4, 0.5) is 0 Å². The van der Waals surface area contributed by atoms with Crippen LogP contribution < -0.4 is 14.2 Å². The van der Waals surface area contributed by atoms with Crippen molar-refractivity contribution in [2.24, 2.45) is 0 Å². The molecule has 186 valence electrons. The summed E-state index contributed by atoms with van der Waals surface area (Å²) < 4.78 is 22.4. The first-order chi connectivity index (χ1) is 16.7. The van der Waals surface area contributed by atoms with E-state index in [4.69, 9.17) is 18.9 Å². The van der Waals surface area contributed by atoms with Gasteiger partial charge in [-0.25, -0.2) is 9.78 Å². The Bertz CT molecular complexity index is 837. The Morgan fingerprint density at radius 2 is 1.53 bits per heavy atom. The van der Waals surface area contributed by atoms with E-state index in [0.29, 0.717) is 36.5 Å². The van der Waals surface area contributed by atoms with Gasteiger partial charge < -0.3 is 18.9 Å². The van der Waals surface area contributed by atoms with E-state index in [1.54, 1.807) is 24.3 Å². The number of pyridine rings is 1. The minimum Gasteiger partial charge on any atom is -0.494 e. The quantitative estimate of drug-likeness (QED) is 0.110. The molecule has 1 aromatic carbocycles. The minimum atomic E-state index is -0.458. The molecule has 0 amide bonds. The van der Waals surface area contributed by atoms with E-state index < -0.39 is 5.97 Å². The minimum absolute atomic E-state index is 0.152. The number of nitrogens with zero attached hydrogens (tertiary/aromatic N) is 1. The molecule has 1 aromatic heterocycles. The lowest BCUT2D eigenvalue weighted by Gasteiger charge is -2.08. The molecule has 1 aliphatic rings. The van der Waals surface area contributed by atoms with E-state index in [9.17, 15) is 4.79 Å². The molecule has 6 heteroatoms. The summed E-state index contributed by atoms with van der Waals surface area (Å²) in [5.41, 5.74) is 0.369. The van der Waals surface area contributed by atoms with Crippen molar-refractivity contribution in [3.8, 4) is 17.4 Å². The number of hydrogen-bond acceptors (Lipinski definition) is 6. The van der Waals surface area contributed by atoms with Crippen LogP contribution in [-0.4, -0.2) is 36.4 Å². The maximum atomic E-state index is 12.4. The standard InChI is InChI=1S/C28H39NO5/c1-3-5-6-7-8-9-10-11-19-31-23-14-16-24(17-15-23)33-28(30)22-13-18-27(29-20-22)32-21-26-25(34-26)12-4-2/h13-18,20,25-26H,3-12,19,21H2,1-2H3/t25-,26-/m0/s1. The molecule has 0 bridgehead atoms. The van der Waals surface area contributed by atoms with Crippen molar-refractivity contribution in [2.75, 3.05) is 13.2 Å². The molecule has 34 heavy (non-hydrogen) atoms. The maximum absolute atomic E-state index is 12.4. The van der Waals surface area contributed by atoms with Gasteiger partial charge in [-0.15, -0.1) is 0 Å². The Balaban J connectivity index is 1.31. The second-order valence-corrected chi connectivity index (χ2v) is 8.88. The predicted molar refractivity (Wildman–Crippen MR) is 133 cm³/mol. The zero-order valence-electron chi connectivity index (χ0n) is 20.7. The van der Waals surface area contributed by atoms with Crippen molar-refractivity contribution in [1.82, 2.24) is 4.98 Å². The van der Waals surface area contributed by atoms with Gasteiger partial charge in [0.1, 0.15) is 24.2 Å². The molecular weight excluding hydrogens is 430 g/mol. The summed E-state index contributed by atoms with van der Waals surface area (Å²) in [4.78, 5) is 16.6. The van der Waals surface area contributed by atoms with Crippen LogP contribution in [0, 0.1) is 0 Å². The number of hydrogen-bond donors (Lipinski definition) is 0. The first-order valence-corrected chi connectivity index (χ1v) is 12.9. The number of benzene rings is 1. The summed E-state index contributed by atoms with van der Waals surface area (Å²) in [7, 11) is 0. The lowest BCUT2D eigenvalue weighted by molar-refractivity contribution is 0.0734. The highest BCUT2D eigenvalue weighted by Crippen LogP contribution is 2.27. The number of esters is 1. The first-order valence-electron chi connectivity index (χ1n) is 12.9. The topological polar surface area (TPSA) is 70.2 Å². The Hall–Kier alpha value is -2.60. The fourth-order valence-electron chi connectivity index (χ4n) is 3.81. The fourth-order valence-corrected chi connectivity index (χ4v) is 3.81. The van der Waals surface area contributed by atoms with Gasteiger partial charge in [-0.3, -0.25) is 0 Å². The predicted octanol–water partition coefficient (Wildman–Crippen LogP) is 6.77. The van der Waals surface area contributed by atoms with Gasteiger partial charge in [0.15, 0.2) is 0 Å². The van der Waals surface area contributed by atoms with E-state index in [1.807, 2.05) is 12.1 Å². The van der Waals surface area contributed by atoms with Crippen molar-refractivity contribution in [1.29, 1.82) is 0 Å². The Labute approximate surface area is 204 Å². The van der Waals surface area contributed by atoms with Crippen molar-refractivity contribution < 1.29 is 23.7 Å². The van der Waals surface area contributed by atoms with Crippen LogP contribution in [0.3, 0.4) is 0 Å². The molecular formula is C28H39NO5. The van der Waals surface area contributed by atoms with Crippen molar-refractivity contribution in [3.05, 3.63) is 48.2 Å². The molecule has 0 aliphatic carbocycles. The first kappa shape index (κ1) is 26.0. The zero-order chi connectivity index (χ0) is 24.0. The Morgan fingerprint density at radius 3 is 2.21 bits per heavy atom. The third kappa shape index (κ3) is 9.34. The van der Waals surface area contributed by atoms with Gasteiger partial charge in [0.2, 0.25) is 5.88 Å². The van der Waals surface area contributed by atoms with Crippen LogP contribution in [-0.2, 0) is 4.74 Å². The summed E-state index contributed by atoms with van der Waals surface area (Å²) in [6.45, 7) is 5.57. The van der Waals surface area contributed by atoms with E-state index in [-0.39, 0.29) is 6.10 Å². The molecule has 1 saturated heterocycles. The van der Waals surface area contributed by atoms with Crippen molar-refractivity contribution in [2.45, 2.75) is 90.3 Å². The van der Waals surface area contributed by atoms with Gasteiger partial charge in [-0.05, 0) is 43.2 Å². The number of carbonyl (C=O) groups excluding carboxylic acids is 1. The summed E-state index contributed by atoms with van der Waals surface area (Å²) in [6, 6.07) is 10.5. The normalized spacial score (nSPS) is 16.8. The Morgan fingerprint density at radius 1 is 0.824 bits per heavy atom. The molecule has 0 radical (unpaired) electrons. The highest BCUT2D eigenvalue weighted by Gasteiger charge is 2.38. The van der Waals surface area contributed by atoms with Crippen LogP contribution in [0.2, 0.25) is 0 Å². The average Bonchev–Trinajstić information content (AvgIpc) is 3.61. The molecule has 0 unspecified atom stereocenters. The highest BCUT2D eigenvalue weighted by atomic mass is 16.6. The van der Waals surface area contributed by atoms with E-state index in [0.717, 1.165) is 25.0 Å². The molecule has 6 nitrogen and oxygen atoms in total. The van der Waals surface area contributed by atoms with Crippen molar-refractivity contribution >= 4 is 5.97 Å². The van der Waals surface area contributed by atoms with Gasteiger partial charge >= 0.3 is 5.97 Å². The second-order valence-electron chi connectivity index (χ2n) is 8.88. The van der Waals surface area contributed by atoms with Crippen LogP contribution in [0.1, 0.15) is 88.4 Å². The molecule has 3 rings (SSSR count). The average molecular weight is 470 g/mol. The second kappa shape index (κ2) is 14.6. The van der Waals surface area contributed by atoms with Crippen LogP contribution >= 0.6 is 0 Å².